The molecular weight excluding hydrogens is 493 g/mol. The Morgan fingerprint density at radius 3 is 2.53 bits per heavy atom. The summed E-state index contributed by atoms with van der Waals surface area (Å²) in [6, 6.07) is 8.42. The maximum Gasteiger partial charge on any atom is 0.295 e. The molecule has 0 aliphatic heterocycles. The Labute approximate surface area is 201 Å². The molecule has 2 heterocycles. The number of carbonyl (C=O) groups is 1. The number of para-hydroxylation sites is 1. The fourth-order valence-corrected chi connectivity index (χ4v) is 3.87. The van der Waals surface area contributed by atoms with Crippen molar-refractivity contribution in [3.8, 4) is 22.8 Å². The predicted octanol–water partition coefficient (Wildman–Crippen LogP) is 4.99. The lowest BCUT2D eigenvalue weighted by Crippen LogP contribution is -2.23. The summed E-state index contributed by atoms with van der Waals surface area (Å²) in [6.07, 6.45) is 0. The topological polar surface area (TPSA) is 91.3 Å². The van der Waals surface area contributed by atoms with Crippen molar-refractivity contribution in [1.29, 1.82) is 0 Å². The Morgan fingerprint density at radius 2 is 1.85 bits per heavy atom. The second-order valence-electron chi connectivity index (χ2n) is 7.12. The molecule has 8 nitrogen and oxygen atoms in total. The van der Waals surface area contributed by atoms with Crippen LogP contribution in [0.4, 0.5) is 14.5 Å². The quantitative estimate of drug-likeness (QED) is 0.410. The van der Waals surface area contributed by atoms with Gasteiger partial charge in [0.2, 0.25) is 0 Å². The van der Waals surface area contributed by atoms with Gasteiger partial charge in [-0.1, -0.05) is 40.5 Å². The van der Waals surface area contributed by atoms with E-state index in [-0.39, 0.29) is 44.2 Å². The van der Waals surface area contributed by atoms with E-state index in [1.807, 2.05) is 0 Å². The zero-order chi connectivity index (χ0) is 24.7. The number of amides is 1. The van der Waals surface area contributed by atoms with Crippen LogP contribution in [0.15, 0.2) is 45.7 Å². The van der Waals surface area contributed by atoms with E-state index in [1.54, 1.807) is 13.0 Å². The average Bonchev–Trinajstić information content (AvgIpc) is 3.29. The van der Waals surface area contributed by atoms with Gasteiger partial charge in [0.05, 0.1) is 18.4 Å². The molecule has 0 fully saturated rings. The summed E-state index contributed by atoms with van der Waals surface area (Å²) >= 11 is 12.2. The van der Waals surface area contributed by atoms with Crippen LogP contribution in [-0.2, 0) is 7.05 Å². The molecule has 0 saturated heterocycles. The van der Waals surface area contributed by atoms with Crippen molar-refractivity contribution in [3.63, 3.8) is 0 Å². The number of benzene rings is 2. The van der Waals surface area contributed by atoms with Gasteiger partial charge < -0.3 is 14.6 Å². The van der Waals surface area contributed by atoms with E-state index in [2.05, 4.69) is 10.5 Å². The normalized spacial score (nSPS) is 11.0. The molecule has 176 valence electrons. The molecule has 4 aromatic rings. The highest BCUT2D eigenvalue weighted by molar-refractivity contribution is 6.36. The van der Waals surface area contributed by atoms with Gasteiger partial charge in [-0.25, -0.2) is 13.5 Å². The highest BCUT2D eigenvalue weighted by Gasteiger charge is 2.27. The molecule has 0 aliphatic rings. The smallest absolute Gasteiger partial charge is 0.295 e. The summed E-state index contributed by atoms with van der Waals surface area (Å²) in [5.41, 5.74) is -0.966. The fraction of sp³-hybridized carbons (Fsp3) is 0.136. The van der Waals surface area contributed by atoms with E-state index in [9.17, 15) is 18.4 Å². The van der Waals surface area contributed by atoms with Gasteiger partial charge >= 0.3 is 0 Å². The second kappa shape index (κ2) is 8.96. The minimum absolute atomic E-state index is 0.00668. The maximum absolute atomic E-state index is 14.7. The van der Waals surface area contributed by atoms with E-state index >= 15 is 0 Å². The summed E-state index contributed by atoms with van der Waals surface area (Å²) in [4.78, 5) is 25.9. The molecular formula is C22H16Cl2F2N4O4. The molecule has 2 aromatic heterocycles. The fourth-order valence-electron chi connectivity index (χ4n) is 3.37. The number of aromatic nitrogens is 3. The number of nitrogens with zero attached hydrogens (tertiary/aromatic N) is 3. The average molecular weight is 509 g/mol. The van der Waals surface area contributed by atoms with Crippen LogP contribution < -0.4 is 15.6 Å². The van der Waals surface area contributed by atoms with E-state index < -0.39 is 23.1 Å². The summed E-state index contributed by atoms with van der Waals surface area (Å²) < 4.78 is 41.5. The van der Waals surface area contributed by atoms with E-state index in [0.717, 1.165) is 4.68 Å². The summed E-state index contributed by atoms with van der Waals surface area (Å²) in [5, 5.41) is 5.47. The van der Waals surface area contributed by atoms with Crippen molar-refractivity contribution in [3.05, 3.63) is 79.8 Å². The predicted molar refractivity (Wildman–Crippen MR) is 122 cm³/mol. The van der Waals surface area contributed by atoms with Crippen molar-refractivity contribution >= 4 is 34.8 Å². The maximum atomic E-state index is 14.7. The number of hydrogen-bond donors (Lipinski definition) is 1. The molecule has 4 rings (SSSR count). The third-order valence-corrected chi connectivity index (χ3v) is 5.94. The summed E-state index contributed by atoms with van der Waals surface area (Å²) in [7, 11) is 2.87. The molecule has 0 atom stereocenters. The van der Waals surface area contributed by atoms with E-state index in [1.165, 1.54) is 49.2 Å². The van der Waals surface area contributed by atoms with E-state index in [4.69, 9.17) is 32.5 Å². The Morgan fingerprint density at radius 1 is 1.15 bits per heavy atom. The Balaban J connectivity index is 1.70. The second-order valence-corrected chi connectivity index (χ2v) is 7.88. The summed E-state index contributed by atoms with van der Waals surface area (Å²) in [6.45, 7) is 1.57. The lowest BCUT2D eigenvalue weighted by molar-refractivity contribution is 0.101. The van der Waals surface area contributed by atoms with Crippen LogP contribution in [0, 0.1) is 18.6 Å². The van der Waals surface area contributed by atoms with Crippen molar-refractivity contribution in [2.75, 3.05) is 12.4 Å². The highest BCUT2D eigenvalue weighted by atomic mass is 35.5. The Bertz CT molecular complexity index is 1490. The minimum Gasteiger partial charge on any atom is -0.495 e. The SMILES string of the molecule is COc1ccc(-c2onc(C(=O)Nc3c(C)n(C)n(-c4ccccc4F)c3=O)c2Cl)c(F)c1Cl. The molecule has 0 aliphatic carbocycles. The van der Waals surface area contributed by atoms with Gasteiger partial charge in [-0.3, -0.25) is 14.3 Å². The molecule has 0 unspecified atom stereocenters. The first-order valence-corrected chi connectivity index (χ1v) is 10.4. The molecule has 2 aromatic carbocycles. The first-order chi connectivity index (χ1) is 16.2. The largest absolute Gasteiger partial charge is 0.495 e. The van der Waals surface area contributed by atoms with Crippen LogP contribution in [0.2, 0.25) is 10.0 Å². The van der Waals surface area contributed by atoms with E-state index in [0.29, 0.717) is 5.69 Å². The first kappa shape index (κ1) is 23.5. The standard InChI is InChI=1S/C22H16Cl2F2N4O4/c1-10-18(22(32)30(29(10)2)13-7-5-4-6-12(13)25)27-21(31)19-16(24)20(34-28-19)11-8-9-14(33-3)15(23)17(11)26/h4-9H,1-3H3,(H,27,31). The number of hydrogen-bond acceptors (Lipinski definition) is 5. The molecule has 0 radical (unpaired) electrons. The molecule has 12 heteroatoms. The van der Waals surface area contributed by atoms with Gasteiger partial charge in [-0.05, 0) is 31.2 Å². The molecule has 34 heavy (non-hydrogen) atoms. The third kappa shape index (κ3) is 3.74. The van der Waals surface area contributed by atoms with Crippen molar-refractivity contribution in [2.45, 2.75) is 6.92 Å². The number of methoxy groups -OCH3 is 1. The van der Waals surface area contributed by atoms with Crippen LogP contribution in [0.1, 0.15) is 16.2 Å². The van der Waals surface area contributed by atoms with Crippen LogP contribution in [0.25, 0.3) is 17.0 Å². The molecule has 0 bridgehead atoms. The third-order valence-electron chi connectivity index (χ3n) is 5.23. The van der Waals surface area contributed by atoms with Gasteiger partial charge in [0, 0.05) is 7.05 Å². The van der Waals surface area contributed by atoms with Crippen molar-refractivity contribution in [2.24, 2.45) is 7.05 Å². The van der Waals surface area contributed by atoms with Crippen LogP contribution in [0.3, 0.4) is 0 Å². The molecule has 0 spiro atoms. The lowest BCUT2D eigenvalue weighted by atomic mass is 10.1. The summed E-state index contributed by atoms with van der Waals surface area (Å²) in [5.74, 6) is -2.51. The zero-order valence-corrected chi connectivity index (χ0v) is 19.5. The van der Waals surface area contributed by atoms with Gasteiger partial charge in [0.1, 0.15) is 33.0 Å². The van der Waals surface area contributed by atoms with Gasteiger partial charge in [-0.2, -0.15) is 0 Å². The van der Waals surface area contributed by atoms with Gasteiger partial charge in [0.25, 0.3) is 11.5 Å². The Hall–Kier alpha value is -3.63. The van der Waals surface area contributed by atoms with Crippen LogP contribution >= 0.6 is 23.2 Å². The number of rotatable bonds is 5. The zero-order valence-electron chi connectivity index (χ0n) is 18.0. The highest BCUT2D eigenvalue weighted by Crippen LogP contribution is 2.38. The number of nitrogens with one attached hydrogen (secondary N) is 1. The molecule has 0 saturated carbocycles. The Kier molecular flexibility index (Phi) is 6.20. The molecule has 1 N–H and O–H groups in total. The number of anilines is 1. The number of ether oxygens (including phenoxy) is 1. The van der Waals surface area contributed by atoms with Crippen LogP contribution in [0.5, 0.6) is 5.75 Å². The van der Waals surface area contributed by atoms with Crippen molar-refractivity contribution < 1.29 is 22.8 Å². The monoisotopic (exact) mass is 508 g/mol. The molecule has 1 amide bonds. The number of carbonyl (C=O) groups excluding carboxylic acids is 1. The van der Waals surface area contributed by atoms with Gasteiger partial charge in [0.15, 0.2) is 17.3 Å². The lowest BCUT2D eigenvalue weighted by Gasteiger charge is -2.08. The van der Waals surface area contributed by atoms with Crippen molar-refractivity contribution in [1.82, 2.24) is 14.5 Å². The first-order valence-electron chi connectivity index (χ1n) is 9.69. The van der Waals surface area contributed by atoms with Crippen LogP contribution in [-0.4, -0.2) is 27.5 Å². The number of halogens is 4. The van der Waals surface area contributed by atoms with Gasteiger partial charge in [-0.15, -0.1) is 0 Å². The minimum atomic E-state index is -0.883.